The van der Waals surface area contributed by atoms with Crippen LogP contribution in [-0.2, 0) is 0 Å². The molecule has 0 radical (unpaired) electrons. The highest BCUT2D eigenvalue weighted by molar-refractivity contribution is 8.00. The summed E-state index contributed by atoms with van der Waals surface area (Å²) >= 11 is 1.56. The van der Waals surface area contributed by atoms with Crippen LogP contribution in [0.25, 0.3) is 22.4 Å². The van der Waals surface area contributed by atoms with Crippen molar-refractivity contribution in [1.29, 1.82) is 5.26 Å². The Bertz CT molecular complexity index is 1030. The fourth-order valence-electron chi connectivity index (χ4n) is 3.79. The first-order valence-corrected chi connectivity index (χ1v) is 11.0. The molecule has 1 fully saturated rings. The first kappa shape index (κ1) is 19.7. The lowest BCUT2D eigenvalue weighted by Crippen LogP contribution is -2.27. The van der Waals surface area contributed by atoms with Gasteiger partial charge in [0.05, 0.1) is 17.4 Å². The lowest BCUT2D eigenvalue weighted by molar-refractivity contribution is 0.137. The number of rotatable bonds is 4. The third-order valence-corrected chi connectivity index (χ3v) is 6.83. The van der Waals surface area contributed by atoms with Crippen molar-refractivity contribution in [3.63, 3.8) is 0 Å². The number of thioether (sulfide) groups is 1. The molecule has 3 aromatic rings. The fourth-order valence-corrected chi connectivity index (χ4v) is 5.08. The molecule has 0 bridgehead atoms. The van der Waals surface area contributed by atoms with Crippen LogP contribution >= 0.6 is 11.8 Å². The number of aryl methyl sites for hydroxylation is 1. The van der Waals surface area contributed by atoms with Crippen LogP contribution in [-0.4, -0.2) is 21.4 Å². The van der Waals surface area contributed by atoms with E-state index in [-0.39, 0.29) is 11.4 Å². The van der Waals surface area contributed by atoms with E-state index in [0.717, 1.165) is 53.1 Å². The molecule has 4 rings (SSSR count). The van der Waals surface area contributed by atoms with Crippen LogP contribution in [0.15, 0.2) is 65.7 Å². The molecule has 1 aromatic heterocycles. The van der Waals surface area contributed by atoms with Crippen LogP contribution < -0.4 is 0 Å². The molecule has 1 saturated carbocycles. The Morgan fingerprint density at radius 1 is 1.00 bits per heavy atom. The molecule has 2 atom stereocenters. The Labute approximate surface area is 176 Å². The van der Waals surface area contributed by atoms with Gasteiger partial charge in [-0.05, 0) is 31.4 Å². The second-order valence-corrected chi connectivity index (χ2v) is 8.82. The predicted molar refractivity (Wildman–Crippen MR) is 119 cm³/mol. The summed E-state index contributed by atoms with van der Waals surface area (Å²) in [6.07, 6.45) is 3.61. The van der Waals surface area contributed by atoms with Gasteiger partial charge in [0.25, 0.3) is 0 Å². The minimum atomic E-state index is -0.342. The van der Waals surface area contributed by atoms with Gasteiger partial charge in [-0.15, -0.1) is 0 Å². The molecule has 29 heavy (non-hydrogen) atoms. The summed E-state index contributed by atoms with van der Waals surface area (Å²) in [6, 6.07) is 22.7. The van der Waals surface area contributed by atoms with E-state index < -0.39 is 0 Å². The van der Waals surface area contributed by atoms with Crippen molar-refractivity contribution in [3.8, 4) is 28.5 Å². The van der Waals surface area contributed by atoms with E-state index >= 15 is 0 Å². The summed E-state index contributed by atoms with van der Waals surface area (Å²) in [6.45, 7) is 2.07. The van der Waals surface area contributed by atoms with Crippen LogP contribution in [0.2, 0.25) is 0 Å². The molecule has 3 nitrogen and oxygen atoms in total. The summed E-state index contributed by atoms with van der Waals surface area (Å²) in [5.74, 6) is 0. The predicted octanol–water partition coefficient (Wildman–Crippen LogP) is 5.99. The van der Waals surface area contributed by atoms with E-state index in [9.17, 15) is 10.4 Å². The maximum Gasteiger partial charge on any atom is 0.116 e. The van der Waals surface area contributed by atoms with Crippen molar-refractivity contribution >= 4 is 11.8 Å². The number of hydrogen-bond donors (Lipinski definition) is 1. The number of aromatic nitrogens is 1. The van der Waals surface area contributed by atoms with Gasteiger partial charge in [0.15, 0.2) is 0 Å². The third kappa shape index (κ3) is 4.37. The van der Waals surface area contributed by atoms with Crippen molar-refractivity contribution in [2.45, 2.75) is 49.0 Å². The Hall–Kier alpha value is -2.61. The number of nitriles is 1. The normalized spacial score (nSPS) is 18.9. The van der Waals surface area contributed by atoms with E-state index in [1.807, 2.05) is 36.4 Å². The average molecular weight is 401 g/mol. The molecule has 0 aliphatic heterocycles. The van der Waals surface area contributed by atoms with E-state index in [4.69, 9.17) is 4.98 Å². The molecule has 1 heterocycles. The van der Waals surface area contributed by atoms with Gasteiger partial charge in [-0.25, -0.2) is 4.98 Å². The number of benzene rings is 2. The van der Waals surface area contributed by atoms with E-state index in [2.05, 4.69) is 37.3 Å². The van der Waals surface area contributed by atoms with Crippen molar-refractivity contribution in [1.82, 2.24) is 4.98 Å². The maximum absolute atomic E-state index is 10.5. The van der Waals surface area contributed by atoms with Crippen LogP contribution in [0.1, 0.15) is 36.8 Å². The Kier molecular flexibility index (Phi) is 5.99. The molecule has 1 aliphatic carbocycles. The Balaban J connectivity index is 1.84. The Morgan fingerprint density at radius 3 is 2.41 bits per heavy atom. The quantitative estimate of drug-likeness (QED) is 0.584. The molecular weight excluding hydrogens is 376 g/mol. The number of aliphatic hydroxyl groups excluding tert-OH is 1. The van der Waals surface area contributed by atoms with Crippen molar-refractivity contribution < 1.29 is 5.11 Å². The largest absolute Gasteiger partial charge is 0.392 e. The number of pyridine rings is 1. The molecule has 4 heteroatoms. The summed E-state index contributed by atoms with van der Waals surface area (Å²) in [5.41, 5.74) is 5.58. The standard InChI is InChI=1S/C25H24N2OS/c1-17-11-13-19(14-12-17)22-15-20(18-7-3-2-4-8-18)21(16-26)25(27-22)29-24-10-6-5-9-23(24)28/h2-4,7-8,11-15,23-24,28H,5-6,9-10H2,1H3. The van der Waals surface area contributed by atoms with Crippen LogP contribution in [0.4, 0.5) is 0 Å². The third-order valence-electron chi connectivity index (χ3n) is 5.46. The molecule has 0 amide bonds. The molecule has 146 valence electrons. The molecule has 1 N–H and O–H groups in total. The topological polar surface area (TPSA) is 56.9 Å². The van der Waals surface area contributed by atoms with E-state index in [0.29, 0.717) is 5.56 Å². The first-order valence-electron chi connectivity index (χ1n) is 10.1. The summed E-state index contributed by atoms with van der Waals surface area (Å²) in [4.78, 5) is 4.89. The molecular formula is C25H24N2OS. The van der Waals surface area contributed by atoms with Crippen molar-refractivity contribution in [2.75, 3.05) is 0 Å². The minimum Gasteiger partial charge on any atom is -0.392 e. The van der Waals surface area contributed by atoms with Gasteiger partial charge in [-0.3, -0.25) is 0 Å². The number of aliphatic hydroxyl groups is 1. The zero-order valence-corrected chi connectivity index (χ0v) is 17.3. The van der Waals surface area contributed by atoms with Gasteiger partial charge in [0, 0.05) is 16.4 Å². The second kappa shape index (κ2) is 8.82. The highest BCUT2D eigenvalue weighted by Gasteiger charge is 2.27. The zero-order valence-electron chi connectivity index (χ0n) is 16.5. The number of nitrogens with zero attached hydrogens (tertiary/aromatic N) is 2. The molecule has 0 saturated heterocycles. The zero-order chi connectivity index (χ0) is 20.2. The number of hydrogen-bond acceptors (Lipinski definition) is 4. The fraction of sp³-hybridized carbons (Fsp3) is 0.280. The summed E-state index contributed by atoms with van der Waals surface area (Å²) < 4.78 is 0. The van der Waals surface area contributed by atoms with Gasteiger partial charge in [-0.2, -0.15) is 5.26 Å². The van der Waals surface area contributed by atoms with Gasteiger partial charge in [0.1, 0.15) is 11.1 Å². The summed E-state index contributed by atoms with van der Waals surface area (Å²) in [5, 5.41) is 21.3. The molecule has 0 spiro atoms. The monoisotopic (exact) mass is 400 g/mol. The van der Waals surface area contributed by atoms with Gasteiger partial charge < -0.3 is 5.11 Å². The van der Waals surface area contributed by atoms with E-state index in [1.165, 1.54) is 5.56 Å². The minimum absolute atomic E-state index is 0.0836. The Morgan fingerprint density at radius 2 is 1.72 bits per heavy atom. The molecule has 2 aromatic carbocycles. The molecule has 2 unspecified atom stereocenters. The van der Waals surface area contributed by atoms with Crippen molar-refractivity contribution in [2.24, 2.45) is 0 Å². The first-order chi connectivity index (χ1) is 14.2. The average Bonchev–Trinajstić information content (AvgIpc) is 2.76. The highest BCUT2D eigenvalue weighted by Crippen LogP contribution is 2.39. The van der Waals surface area contributed by atoms with Crippen LogP contribution in [0.3, 0.4) is 0 Å². The van der Waals surface area contributed by atoms with Crippen LogP contribution in [0, 0.1) is 18.3 Å². The van der Waals surface area contributed by atoms with Crippen LogP contribution in [0.5, 0.6) is 0 Å². The van der Waals surface area contributed by atoms with E-state index in [1.54, 1.807) is 11.8 Å². The van der Waals surface area contributed by atoms with Crippen molar-refractivity contribution in [3.05, 3.63) is 71.8 Å². The lowest BCUT2D eigenvalue weighted by atomic mass is 9.97. The highest BCUT2D eigenvalue weighted by atomic mass is 32.2. The van der Waals surface area contributed by atoms with Gasteiger partial charge in [0.2, 0.25) is 0 Å². The SMILES string of the molecule is Cc1ccc(-c2cc(-c3ccccc3)c(C#N)c(SC3CCCCC3O)n2)cc1. The molecule has 1 aliphatic rings. The second-order valence-electron chi connectivity index (χ2n) is 7.59. The maximum atomic E-state index is 10.5. The summed E-state index contributed by atoms with van der Waals surface area (Å²) in [7, 11) is 0. The smallest absolute Gasteiger partial charge is 0.116 e. The van der Waals surface area contributed by atoms with Gasteiger partial charge >= 0.3 is 0 Å². The lowest BCUT2D eigenvalue weighted by Gasteiger charge is -2.27. The van der Waals surface area contributed by atoms with Gasteiger partial charge in [-0.1, -0.05) is 84.8 Å².